The Morgan fingerprint density at radius 2 is 1.55 bits per heavy atom. The van der Waals surface area contributed by atoms with Gasteiger partial charge in [0.05, 0.1) is 23.4 Å². The molecular weight excluding hydrogens is 310 g/mol. The predicted octanol–water partition coefficient (Wildman–Crippen LogP) is 4.33. The third-order valence-corrected chi connectivity index (χ3v) is 3.03. The van der Waals surface area contributed by atoms with Crippen LogP contribution in [0.3, 0.4) is 0 Å². The number of alkyl halides is 6. The lowest BCUT2D eigenvalue weighted by Gasteiger charge is -2.24. The topological polar surface area (TPSA) is 27.0 Å². The molecule has 0 saturated heterocycles. The third kappa shape index (κ3) is 3.24. The highest BCUT2D eigenvalue weighted by Gasteiger charge is 2.35. The molecule has 0 N–H and O–H groups in total. The summed E-state index contributed by atoms with van der Waals surface area (Å²) in [5.74, 6) is 0. The minimum absolute atomic E-state index is 0.0916. The minimum atomic E-state index is -4.58. The number of nitriles is 1. The second-order valence-corrected chi connectivity index (χ2v) is 4.47. The first kappa shape index (κ1) is 15.9. The SMILES string of the molecule is N#CN1CC=C(C(F)(F)F)C=C1c1ccc(C(F)(F)F)cc1. The van der Waals surface area contributed by atoms with E-state index in [4.69, 9.17) is 5.26 Å². The van der Waals surface area contributed by atoms with Gasteiger partial charge in [0.2, 0.25) is 0 Å². The van der Waals surface area contributed by atoms with Gasteiger partial charge in [-0.15, -0.1) is 0 Å². The van der Waals surface area contributed by atoms with Gasteiger partial charge in [0.25, 0.3) is 0 Å². The molecule has 0 aromatic heterocycles. The first-order chi connectivity index (χ1) is 10.1. The normalized spacial score (nSPS) is 16.0. The van der Waals surface area contributed by atoms with E-state index in [-0.39, 0.29) is 17.8 Å². The lowest BCUT2D eigenvalue weighted by Crippen LogP contribution is -2.24. The number of rotatable bonds is 1. The van der Waals surface area contributed by atoms with E-state index in [2.05, 4.69) is 0 Å². The first-order valence-electron chi connectivity index (χ1n) is 5.97. The molecule has 0 radical (unpaired) electrons. The largest absolute Gasteiger partial charge is 0.416 e. The van der Waals surface area contributed by atoms with E-state index in [0.717, 1.165) is 41.3 Å². The van der Waals surface area contributed by atoms with Crippen LogP contribution in [0.1, 0.15) is 11.1 Å². The van der Waals surface area contributed by atoms with Gasteiger partial charge in [-0.2, -0.15) is 31.6 Å². The van der Waals surface area contributed by atoms with E-state index >= 15 is 0 Å². The first-order valence-corrected chi connectivity index (χ1v) is 5.97. The zero-order valence-electron chi connectivity index (χ0n) is 10.8. The lowest BCUT2D eigenvalue weighted by molar-refractivity contribution is -0.137. The second kappa shape index (κ2) is 5.40. The fourth-order valence-electron chi connectivity index (χ4n) is 1.93. The molecule has 0 unspecified atom stereocenters. The van der Waals surface area contributed by atoms with Gasteiger partial charge in [-0.05, 0) is 23.8 Å². The van der Waals surface area contributed by atoms with Crippen molar-refractivity contribution in [3.8, 4) is 6.19 Å². The standard InChI is InChI=1S/C14H8F6N2/c15-13(16,17)10-3-1-9(2-4-10)12-7-11(14(18,19)20)5-6-22(12)8-21/h1-5,7H,6H2. The molecule has 8 heteroatoms. The Balaban J connectivity index is 2.42. The van der Waals surface area contributed by atoms with E-state index < -0.39 is 23.5 Å². The van der Waals surface area contributed by atoms with Gasteiger partial charge in [-0.3, -0.25) is 4.90 Å². The van der Waals surface area contributed by atoms with E-state index in [9.17, 15) is 26.3 Å². The Morgan fingerprint density at radius 3 is 2.00 bits per heavy atom. The molecule has 0 atom stereocenters. The van der Waals surface area contributed by atoms with Crippen molar-refractivity contribution in [1.29, 1.82) is 5.26 Å². The molecule has 1 aromatic carbocycles. The summed E-state index contributed by atoms with van der Waals surface area (Å²) >= 11 is 0. The van der Waals surface area contributed by atoms with Gasteiger partial charge >= 0.3 is 12.4 Å². The molecule has 22 heavy (non-hydrogen) atoms. The van der Waals surface area contributed by atoms with Crippen molar-refractivity contribution < 1.29 is 26.3 Å². The minimum Gasteiger partial charge on any atom is -0.275 e. The molecule has 1 aliphatic rings. The zero-order chi connectivity index (χ0) is 16.5. The number of benzene rings is 1. The van der Waals surface area contributed by atoms with Gasteiger partial charge in [-0.25, -0.2) is 0 Å². The van der Waals surface area contributed by atoms with Gasteiger partial charge in [0.15, 0.2) is 6.19 Å². The summed E-state index contributed by atoms with van der Waals surface area (Å²) in [6, 6.07) is 3.60. The molecule has 0 fully saturated rings. The van der Waals surface area contributed by atoms with Crippen molar-refractivity contribution in [2.24, 2.45) is 0 Å². The monoisotopic (exact) mass is 318 g/mol. The molecule has 1 aromatic rings. The molecule has 0 amide bonds. The molecule has 0 saturated carbocycles. The third-order valence-electron chi connectivity index (χ3n) is 3.03. The summed E-state index contributed by atoms with van der Waals surface area (Å²) in [6.07, 6.45) is -5.83. The summed E-state index contributed by atoms with van der Waals surface area (Å²) in [4.78, 5) is 0.970. The van der Waals surface area contributed by atoms with Crippen LogP contribution in [-0.4, -0.2) is 17.6 Å². The lowest BCUT2D eigenvalue weighted by atomic mass is 10.0. The zero-order valence-corrected chi connectivity index (χ0v) is 10.8. The van der Waals surface area contributed by atoms with Crippen molar-refractivity contribution in [2.45, 2.75) is 12.4 Å². The summed E-state index contributed by atoms with van der Waals surface area (Å²) in [6.45, 7) is -0.293. The maximum Gasteiger partial charge on any atom is 0.416 e. The van der Waals surface area contributed by atoms with Crippen molar-refractivity contribution in [2.75, 3.05) is 6.54 Å². The maximum absolute atomic E-state index is 12.7. The molecule has 1 heterocycles. The van der Waals surface area contributed by atoms with Crippen LogP contribution in [0.25, 0.3) is 5.70 Å². The number of allylic oxidation sites excluding steroid dienone is 2. The molecule has 1 aliphatic heterocycles. The Kier molecular flexibility index (Phi) is 3.92. The van der Waals surface area contributed by atoms with E-state index in [1.807, 2.05) is 0 Å². The van der Waals surface area contributed by atoms with E-state index in [0.29, 0.717) is 0 Å². The maximum atomic E-state index is 12.7. The molecule has 0 aliphatic carbocycles. The number of hydrogen-bond donors (Lipinski definition) is 0. The van der Waals surface area contributed by atoms with Crippen molar-refractivity contribution in [1.82, 2.24) is 4.90 Å². The quantitative estimate of drug-likeness (QED) is 0.569. The van der Waals surface area contributed by atoms with Crippen LogP contribution in [0.5, 0.6) is 0 Å². The van der Waals surface area contributed by atoms with Gasteiger partial charge in [0, 0.05) is 0 Å². The van der Waals surface area contributed by atoms with Crippen LogP contribution in [0.4, 0.5) is 26.3 Å². The van der Waals surface area contributed by atoms with Gasteiger partial charge in [0.1, 0.15) is 0 Å². The fourth-order valence-corrected chi connectivity index (χ4v) is 1.93. The van der Waals surface area contributed by atoms with Crippen LogP contribution in [-0.2, 0) is 6.18 Å². The summed E-state index contributed by atoms with van der Waals surface area (Å²) in [7, 11) is 0. The Bertz CT molecular complexity index is 659. The Morgan fingerprint density at radius 1 is 0.955 bits per heavy atom. The smallest absolute Gasteiger partial charge is 0.275 e. The molecule has 2 rings (SSSR count). The Hall–Kier alpha value is -2.43. The predicted molar refractivity (Wildman–Crippen MR) is 65.9 cm³/mol. The molecule has 2 nitrogen and oxygen atoms in total. The average molecular weight is 318 g/mol. The van der Waals surface area contributed by atoms with Crippen LogP contribution in [0.15, 0.2) is 42.0 Å². The molecular formula is C14H8F6N2. The number of nitrogens with zero attached hydrogens (tertiary/aromatic N) is 2. The fraction of sp³-hybridized carbons (Fsp3) is 0.214. The van der Waals surface area contributed by atoms with E-state index in [1.54, 1.807) is 6.19 Å². The molecule has 0 spiro atoms. The Labute approximate surface area is 121 Å². The van der Waals surface area contributed by atoms with Crippen LogP contribution >= 0.6 is 0 Å². The summed E-state index contributed by atoms with van der Waals surface area (Å²) in [5.41, 5.74) is -1.84. The average Bonchev–Trinajstić information content (AvgIpc) is 2.45. The van der Waals surface area contributed by atoms with Crippen molar-refractivity contribution in [3.05, 3.63) is 53.1 Å². The van der Waals surface area contributed by atoms with Gasteiger partial charge in [-0.1, -0.05) is 18.2 Å². The van der Waals surface area contributed by atoms with Crippen LogP contribution in [0, 0.1) is 11.5 Å². The van der Waals surface area contributed by atoms with Crippen molar-refractivity contribution >= 4 is 5.70 Å². The molecule has 116 valence electrons. The number of hydrogen-bond acceptors (Lipinski definition) is 2. The summed E-state index contributed by atoms with van der Waals surface area (Å²) in [5, 5.41) is 8.94. The highest BCUT2D eigenvalue weighted by Crippen LogP contribution is 2.35. The highest BCUT2D eigenvalue weighted by molar-refractivity contribution is 5.70. The second-order valence-electron chi connectivity index (χ2n) is 4.47. The molecule has 0 bridgehead atoms. The summed E-state index contributed by atoms with van der Waals surface area (Å²) < 4.78 is 75.6. The van der Waals surface area contributed by atoms with Crippen molar-refractivity contribution in [3.63, 3.8) is 0 Å². The van der Waals surface area contributed by atoms with E-state index in [1.165, 1.54) is 0 Å². The highest BCUT2D eigenvalue weighted by atomic mass is 19.4. The van der Waals surface area contributed by atoms with Crippen LogP contribution in [0.2, 0.25) is 0 Å². The number of halogens is 6. The van der Waals surface area contributed by atoms with Gasteiger partial charge < -0.3 is 0 Å². The van der Waals surface area contributed by atoms with Crippen LogP contribution < -0.4 is 0 Å².